The Bertz CT molecular complexity index is 1860. The first-order chi connectivity index (χ1) is 21.1. The lowest BCUT2D eigenvalue weighted by atomic mass is 10.1. The molecule has 0 radical (unpaired) electrons. The normalized spacial score (nSPS) is 12.2. The maximum Gasteiger partial charge on any atom is 0.269 e. The fraction of sp³-hybridized carbons (Fsp3) is 0.0857. The molecule has 1 aliphatic carbocycles. The van der Waals surface area contributed by atoms with Gasteiger partial charge in [-0.25, -0.2) is 4.68 Å². The molecule has 43 heavy (non-hydrogen) atoms. The van der Waals surface area contributed by atoms with Gasteiger partial charge in [0.15, 0.2) is 0 Å². The molecule has 0 fully saturated rings. The minimum absolute atomic E-state index is 0.0225. The van der Waals surface area contributed by atoms with Crippen molar-refractivity contribution in [2.45, 2.75) is 13.0 Å². The average molecular weight is 569 g/mol. The van der Waals surface area contributed by atoms with Crippen LogP contribution in [0.5, 0.6) is 11.5 Å². The smallest absolute Gasteiger partial charge is 0.269 e. The number of ether oxygens (including phenoxy) is 2. The number of nitro groups is 1. The quantitative estimate of drug-likeness (QED) is 0.127. The van der Waals surface area contributed by atoms with Gasteiger partial charge in [-0.1, -0.05) is 42.5 Å². The van der Waals surface area contributed by atoms with Gasteiger partial charge in [-0.2, -0.15) is 5.10 Å². The van der Waals surface area contributed by atoms with Crippen molar-refractivity contribution in [2.75, 3.05) is 7.11 Å². The minimum Gasteiger partial charge on any atom is -0.496 e. The molecule has 212 valence electrons. The van der Waals surface area contributed by atoms with Crippen molar-refractivity contribution in [3.8, 4) is 17.2 Å². The van der Waals surface area contributed by atoms with Crippen LogP contribution in [-0.2, 0) is 13.0 Å². The topological polar surface area (TPSA) is 92.3 Å². The Morgan fingerprint density at radius 1 is 0.953 bits per heavy atom. The van der Waals surface area contributed by atoms with Gasteiger partial charge in [-0.3, -0.25) is 15.1 Å². The summed E-state index contributed by atoms with van der Waals surface area (Å²) in [5.41, 5.74) is 7.63. The van der Waals surface area contributed by atoms with Crippen LogP contribution in [0.4, 0.5) is 5.69 Å². The monoisotopic (exact) mass is 568 g/mol. The van der Waals surface area contributed by atoms with E-state index in [0.29, 0.717) is 23.8 Å². The first kappa shape index (κ1) is 27.4. The van der Waals surface area contributed by atoms with Crippen molar-refractivity contribution in [2.24, 2.45) is 0 Å². The summed E-state index contributed by atoms with van der Waals surface area (Å²) < 4.78 is 13.3. The van der Waals surface area contributed by atoms with Crippen molar-refractivity contribution in [1.29, 1.82) is 0 Å². The Morgan fingerprint density at radius 3 is 2.63 bits per heavy atom. The number of hydrogen-bond acceptors (Lipinski definition) is 6. The van der Waals surface area contributed by atoms with E-state index in [-0.39, 0.29) is 5.69 Å². The van der Waals surface area contributed by atoms with Gasteiger partial charge < -0.3 is 9.47 Å². The zero-order valence-corrected chi connectivity index (χ0v) is 23.5. The second-order valence-corrected chi connectivity index (χ2v) is 9.92. The highest BCUT2D eigenvalue weighted by Crippen LogP contribution is 2.28. The predicted octanol–water partition coefficient (Wildman–Crippen LogP) is 7.67. The first-order valence-corrected chi connectivity index (χ1v) is 13.8. The number of nitrogens with zero attached hydrogens (tertiary/aromatic N) is 4. The van der Waals surface area contributed by atoms with Crippen LogP contribution in [0.25, 0.3) is 36.1 Å². The average Bonchev–Trinajstić information content (AvgIpc) is 3.69. The van der Waals surface area contributed by atoms with Crippen molar-refractivity contribution >= 4 is 36.1 Å². The van der Waals surface area contributed by atoms with Crippen molar-refractivity contribution < 1.29 is 14.4 Å². The molecule has 0 unspecified atom stereocenters. The lowest BCUT2D eigenvalue weighted by Crippen LogP contribution is -1.99. The molecule has 0 N–H and O–H groups in total. The molecule has 0 amide bonds. The van der Waals surface area contributed by atoms with Crippen molar-refractivity contribution in [1.82, 2.24) is 14.8 Å². The number of nitro benzene ring substituents is 1. The summed E-state index contributed by atoms with van der Waals surface area (Å²) in [6, 6.07) is 26.1. The maximum absolute atomic E-state index is 11.2. The Balaban J connectivity index is 1.28. The third-order valence-electron chi connectivity index (χ3n) is 7.06. The summed E-state index contributed by atoms with van der Waals surface area (Å²) in [7, 11) is 1.62. The fourth-order valence-corrected chi connectivity index (χ4v) is 4.84. The number of benzene rings is 3. The Morgan fingerprint density at radius 2 is 1.84 bits per heavy atom. The fourth-order valence-electron chi connectivity index (χ4n) is 4.84. The Kier molecular flexibility index (Phi) is 7.91. The standard InChI is InChI=1S/C35H28N4O4/c1-42-35-23-34(43-24-30-7-2-3-20-36-30)19-12-27(35)11-14-33-22-29(13-9-25-8-10-26-5-4-6-28(26)21-25)37-38(33)31-15-17-32(18-16-31)39(40)41/h2-5,7-23H,6,24H2,1H3/b13-9+,14-11+. The van der Waals surface area contributed by atoms with E-state index in [1.165, 1.54) is 23.3 Å². The van der Waals surface area contributed by atoms with Crippen molar-refractivity contribution in [3.05, 3.63) is 147 Å². The van der Waals surface area contributed by atoms with E-state index in [1.807, 2.05) is 66.8 Å². The summed E-state index contributed by atoms with van der Waals surface area (Å²) >= 11 is 0. The molecule has 2 heterocycles. The van der Waals surface area contributed by atoms with Crippen LogP contribution in [-0.4, -0.2) is 26.8 Å². The van der Waals surface area contributed by atoms with E-state index in [4.69, 9.17) is 14.6 Å². The molecule has 0 bridgehead atoms. The molecule has 0 aliphatic heterocycles. The number of aromatic nitrogens is 3. The molecular formula is C35H28N4O4. The van der Waals surface area contributed by atoms with E-state index < -0.39 is 4.92 Å². The van der Waals surface area contributed by atoms with Crippen LogP contribution < -0.4 is 9.47 Å². The number of hydrogen-bond donors (Lipinski definition) is 0. The van der Waals surface area contributed by atoms with Gasteiger partial charge in [0, 0.05) is 30.0 Å². The van der Waals surface area contributed by atoms with E-state index in [0.717, 1.165) is 34.6 Å². The Hall–Kier alpha value is -5.76. The van der Waals surface area contributed by atoms with Crippen LogP contribution >= 0.6 is 0 Å². The van der Waals surface area contributed by atoms with Gasteiger partial charge in [0.05, 0.1) is 34.8 Å². The molecule has 8 nitrogen and oxygen atoms in total. The summed E-state index contributed by atoms with van der Waals surface area (Å²) in [6.07, 6.45) is 14.9. The SMILES string of the molecule is COc1cc(OCc2ccccn2)ccc1/C=C/c1cc(/C=C/c2ccc3c(c2)CC=C3)nn1-c1ccc([N+](=O)[O-])cc1. The van der Waals surface area contributed by atoms with Gasteiger partial charge >= 0.3 is 0 Å². The number of methoxy groups -OCH3 is 1. The molecule has 0 saturated carbocycles. The Labute approximate surface area is 249 Å². The summed E-state index contributed by atoms with van der Waals surface area (Å²) in [4.78, 5) is 15.1. The molecule has 1 aliphatic rings. The second kappa shape index (κ2) is 12.4. The molecule has 0 atom stereocenters. The zero-order chi connectivity index (χ0) is 29.6. The van der Waals surface area contributed by atoms with Crippen LogP contribution in [0.1, 0.15) is 39.3 Å². The van der Waals surface area contributed by atoms with E-state index in [2.05, 4.69) is 35.3 Å². The van der Waals surface area contributed by atoms with Crippen LogP contribution in [0.3, 0.4) is 0 Å². The first-order valence-electron chi connectivity index (χ1n) is 13.8. The van der Waals surface area contributed by atoms with Gasteiger partial charge in [0.2, 0.25) is 0 Å². The van der Waals surface area contributed by atoms with E-state index in [1.54, 1.807) is 30.1 Å². The molecule has 0 spiro atoms. The number of allylic oxidation sites excluding steroid dienone is 1. The van der Waals surface area contributed by atoms with E-state index in [9.17, 15) is 10.1 Å². The van der Waals surface area contributed by atoms with Gasteiger partial charge in [-0.05, 0) is 83.8 Å². The molecule has 6 rings (SSSR count). The summed E-state index contributed by atoms with van der Waals surface area (Å²) in [6.45, 7) is 0.353. The highest BCUT2D eigenvalue weighted by molar-refractivity contribution is 5.76. The highest BCUT2D eigenvalue weighted by Gasteiger charge is 2.11. The number of pyridine rings is 1. The largest absolute Gasteiger partial charge is 0.496 e. The second-order valence-electron chi connectivity index (χ2n) is 9.92. The van der Waals surface area contributed by atoms with Crippen LogP contribution in [0, 0.1) is 10.1 Å². The third-order valence-corrected chi connectivity index (χ3v) is 7.06. The lowest BCUT2D eigenvalue weighted by molar-refractivity contribution is -0.384. The molecule has 3 aromatic carbocycles. The molecular weight excluding hydrogens is 540 g/mol. The van der Waals surface area contributed by atoms with Crippen molar-refractivity contribution in [3.63, 3.8) is 0 Å². The third kappa shape index (κ3) is 6.44. The van der Waals surface area contributed by atoms with E-state index >= 15 is 0 Å². The molecule has 5 aromatic rings. The lowest BCUT2D eigenvalue weighted by Gasteiger charge is -2.10. The minimum atomic E-state index is -0.413. The summed E-state index contributed by atoms with van der Waals surface area (Å²) in [5, 5.41) is 16.0. The van der Waals surface area contributed by atoms with Gasteiger partial charge in [-0.15, -0.1) is 0 Å². The van der Waals surface area contributed by atoms with Crippen LogP contribution in [0.15, 0.2) is 97.2 Å². The highest BCUT2D eigenvalue weighted by atomic mass is 16.6. The predicted molar refractivity (Wildman–Crippen MR) is 169 cm³/mol. The summed E-state index contributed by atoms with van der Waals surface area (Å²) in [5.74, 6) is 1.33. The molecule has 8 heteroatoms. The number of non-ortho nitro benzene ring substituents is 1. The van der Waals surface area contributed by atoms with Crippen LogP contribution in [0.2, 0.25) is 0 Å². The van der Waals surface area contributed by atoms with Gasteiger partial charge in [0.1, 0.15) is 18.1 Å². The number of rotatable bonds is 10. The maximum atomic E-state index is 11.2. The number of fused-ring (bicyclic) bond motifs is 1. The molecule has 0 saturated heterocycles. The van der Waals surface area contributed by atoms with Gasteiger partial charge in [0.25, 0.3) is 5.69 Å². The molecule has 2 aromatic heterocycles. The zero-order valence-electron chi connectivity index (χ0n) is 23.5.